The van der Waals surface area contributed by atoms with Crippen molar-refractivity contribution in [3.05, 3.63) is 71.9 Å². The Morgan fingerprint density at radius 1 is 1.14 bits per heavy atom. The molecule has 0 amide bonds. The minimum absolute atomic E-state index is 0.232. The molecule has 0 aliphatic carbocycles. The molecule has 0 bridgehead atoms. The van der Waals surface area contributed by atoms with Gasteiger partial charge in [-0.2, -0.15) is 5.26 Å². The van der Waals surface area contributed by atoms with Crippen molar-refractivity contribution in [2.45, 2.75) is 6.61 Å². The minimum Gasteiger partial charge on any atom is -0.444 e. The first-order valence-corrected chi connectivity index (χ1v) is 6.50. The van der Waals surface area contributed by atoms with Crippen molar-refractivity contribution in [3.8, 4) is 6.07 Å². The lowest BCUT2D eigenvalue weighted by atomic mass is 10.2. The van der Waals surface area contributed by atoms with Gasteiger partial charge in [-0.15, -0.1) is 0 Å². The second-order valence-electron chi connectivity index (χ2n) is 4.61. The van der Waals surface area contributed by atoms with E-state index >= 15 is 0 Å². The van der Waals surface area contributed by atoms with Crippen molar-refractivity contribution in [3.63, 3.8) is 0 Å². The van der Waals surface area contributed by atoms with Crippen LogP contribution in [-0.4, -0.2) is 10.7 Å². The monoisotopic (exact) mass is 276 g/mol. The average Bonchev–Trinajstić information content (AvgIpc) is 2.96. The summed E-state index contributed by atoms with van der Waals surface area (Å²) in [7, 11) is 0. The van der Waals surface area contributed by atoms with Crippen molar-refractivity contribution in [1.82, 2.24) is 4.57 Å². The average molecular weight is 276 g/mol. The Kier molecular flexibility index (Phi) is 3.40. The fourth-order valence-corrected chi connectivity index (χ4v) is 2.16. The molecule has 1 aromatic heterocycles. The number of hydrogen-bond acceptors (Lipinski definition) is 3. The number of hydrogen-bond donors (Lipinski definition) is 0. The van der Waals surface area contributed by atoms with Crippen molar-refractivity contribution in [2.24, 2.45) is 0 Å². The van der Waals surface area contributed by atoms with E-state index in [9.17, 15) is 4.79 Å². The Morgan fingerprint density at radius 2 is 1.95 bits per heavy atom. The van der Waals surface area contributed by atoms with Gasteiger partial charge in [0.1, 0.15) is 6.61 Å². The summed E-state index contributed by atoms with van der Waals surface area (Å²) in [5.74, 6) is 0. The second kappa shape index (κ2) is 5.51. The van der Waals surface area contributed by atoms with E-state index in [1.165, 1.54) is 4.57 Å². The molecule has 1 heterocycles. The van der Waals surface area contributed by atoms with Gasteiger partial charge < -0.3 is 4.74 Å². The second-order valence-corrected chi connectivity index (χ2v) is 4.61. The minimum atomic E-state index is -0.432. The third-order valence-electron chi connectivity index (χ3n) is 3.22. The molecule has 0 atom stereocenters. The van der Waals surface area contributed by atoms with Crippen LogP contribution >= 0.6 is 0 Å². The van der Waals surface area contributed by atoms with Crippen LogP contribution in [0.5, 0.6) is 0 Å². The molecule has 4 heteroatoms. The Morgan fingerprint density at radius 3 is 2.71 bits per heavy atom. The highest BCUT2D eigenvalue weighted by molar-refractivity contribution is 5.90. The largest absolute Gasteiger partial charge is 0.444 e. The molecular weight excluding hydrogens is 264 g/mol. The van der Waals surface area contributed by atoms with Gasteiger partial charge in [0.05, 0.1) is 17.1 Å². The van der Waals surface area contributed by atoms with Crippen LogP contribution in [0.1, 0.15) is 11.1 Å². The Balaban J connectivity index is 1.80. The maximum atomic E-state index is 12.1. The molecule has 2 aromatic carbocycles. The SMILES string of the molecule is N#Cc1ccc2c(ccn2C(=O)OCc2ccccc2)c1. The summed E-state index contributed by atoms with van der Waals surface area (Å²) in [5, 5.41) is 9.71. The summed E-state index contributed by atoms with van der Waals surface area (Å²) in [6.07, 6.45) is 1.22. The summed E-state index contributed by atoms with van der Waals surface area (Å²) in [4.78, 5) is 12.1. The highest BCUT2D eigenvalue weighted by atomic mass is 16.5. The summed E-state index contributed by atoms with van der Waals surface area (Å²) in [5.41, 5.74) is 2.24. The molecule has 0 N–H and O–H groups in total. The molecule has 102 valence electrons. The van der Waals surface area contributed by atoms with Gasteiger partial charge in [-0.25, -0.2) is 4.79 Å². The topological polar surface area (TPSA) is 55.0 Å². The molecule has 0 saturated carbocycles. The quantitative estimate of drug-likeness (QED) is 0.717. The van der Waals surface area contributed by atoms with Crippen LogP contribution in [0.15, 0.2) is 60.8 Å². The molecule has 0 fully saturated rings. The number of carbonyl (C=O) groups excluding carboxylic acids is 1. The van der Waals surface area contributed by atoms with Crippen LogP contribution in [-0.2, 0) is 11.3 Å². The summed E-state index contributed by atoms with van der Waals surface area (Å²) >= 11 is 0. The van der Waals surface area contributed by atoms with E-state index in [2.05, 4.69) is 6.07 Å². The third-order valence-corrected chi connectivity index (χ3v) is 3.22. The number of rotatable bonds is 2. The molecule has 0 aliphatic heterocycles. The molecule has 4 nitrogen and oxygen atoms in total. The number of nitriles is 1. The zero-order valence-corrected chi connectivity index (χ0v) is 11.2. The standard InChI is InChI=1S/C17H12N2O2/c18-11-14-6-7-16-15(10-14)8-9-19(16)17(20)21-12-13-4-2-1-3-5-13/h1-10H,12H2. The lowest BCUT2D eigenvalue weighted by Gasteiger charge is -2.06. The number of aromatic nitrogens is 1. The van der Waals surface area contributed by atoms with Gasteiger partial charge in [-0.3, -0.25) is 4.57 Å². The number of ether oxygens (including phenoxy) is 1. The van der Waals surface area contributed by atoms with Crippen molar-refractivity contribution >= 4 is 17.0 Å². The molecule has 0 aliphatic rings. The van der Waals surface area contributed by atoms with E-state index in [1.807, 2.05) is 30.3 Å². The predicted molar refractivity (Wildman–Crippen MR) is 78.7 cm³/mol. The van der Waals surface area contributed by atoms with Crippen molar-refractivity contribution in [1.29, 1.82) is 5.26 Å². The van der Waals surface area contributed by atoms with Gasteiger partial charge in [-0.1, -0.05) is 30.3 Å². The molecule has 0 radical (unpaired) electrons. The first-order valence-electron chi connectivity index (χ1n) is 6.50. The van der Waals surface area contributed by atoms with Gasteiger partial charge in [-0.05, 0) is 29.8 Å². The van der Waals surface area contributed by atoms with Crippen LogP contribution in [0, 0.1) is 11.3 Å². The van der Waals surface area contributed by atoms with Crippen LogP contribution in [0.25, 0.3) is 10.9 Å². The maximum absolute atomic E-state index is 12.1. The molecule has 21 heavy (non-hydrogen) atoms. The first-order chi connectivity index (χ1) is 10.3. The van der Waals surface area contributed by atoms with E-state index in [0.717, 1.165) is 16.5 Å². The number of nitrogens with zero attached hydrogens (tertiary/aromatic N) is 2. The molecular formula is C17H12N2O2. The zero-order chi connectivity index (χ0) is 14.7. The van der Waals surface area contributed by atoms with Gasteiger partial charge in [0, 0.05) is 11.6 Å². The van der Waals surface area contributed by atoms with Crippen molar-refractivity contribution in [2.75, 3.05) is 0 Å². The fourth-order valence-electron chi connectivity index (χ4n) is 2.16. The van der Waals surface area contributed by atoms with Gasteiger partial charge in [0.15, 0.2) is 0 Å². The van der Waals surface area contributed by atoms with Crippen LogP contribution in [0.4, 0.5) is 4.79 Å². The lowest BCUT2D eigenvalue weighted by Crippen LogP contribution is -2.12. The number of benzene rings is 2. The van der Waals surface area contributed by atoms with E-state index in [1.54, 1.807) is 30.5 Å². The molecule has 0 unspecified atom stereocenters. The maximum Gasteiger partial charge on any atom is 0.418 e. The van der Waals surface area contributed by atoms with Crippen LogP contribution < -0.4 is 0 Å². The normalized spacial score (nSPS) is 10.2. The van der Waals surface area contributed by atoms with E-state index in [-0.39, 0.29) is 6.61 Å². The number of carbonyl (C=O) groups is 1. The fraction of sp³-hybridized carbons (Fsp3) is 0.0588. The van der Waals surface area contributed by atoms with Gasteiger partial charge >= 0.3 is 6.09 Å². The molecule has 3 aromatic rings. The molecule has 0 spiro atoms. The highest BCUT2D eigenvalue weighted by Gasteiger charge is 2.10. The zero-order valence-electron chi connectivity index (χ0n) is 11.2. The van der Waals surface area contributed by atoms with E-state index < -0.39 is 6.09 Å². The molecule has 3 rings (SSSR count). The van der Waals surface area contributed by atoms with E-state index in [4.69, 9.17) is 10.00 Å². The Labute approximate surface area is 121 Å². The summed E-state index contributed by atoms with van der Waals surface area (Å²) in [6, 6.07) is 18.6. The smallest absolute Gasteiger partial charge is 0.418 e. The Hall–Kier alpha value is -3.06. The van der Waals surface area contributed by atoms with Crippen LogP contribution in [0.2, 0.25) is 0 Å². The summed E-state index contributed by atoms with van der Waals surface area (Å²) in [6.45, 7) is 0.232. The molecule has 0 saturated heterocycles. The summed E-state index contributed by atoms with van der Waals surface area (Å²) < 4.78 is 6.74. The predicted octanol–water partition coefficient (Wildman–Crippen LogP) is 3.70. The van der Waals surface area contributed by atoms with E-state index in [0.29, 0.717) is 5.56 Å². The first kappa shape index (κ1) is 12.9. The lowest BCUT2D eigenvalue weighted by molar-refractivity contribution is 0.142. The Bertz CT molecular complexity index is 829. The third kappa shape index (κ3) is 2.63. The number of fused-ring (bicyclic) bond motifs is 1. The van der Waals surface area contributed by atoms with Crippen molar-refractivity contribution < 1.29 is 9.53 Å². The highest BCUT2D eigenvalue weighted by Crippen LogP contribution is 2.18. The van der Waals surface area contributed by atoms with Gasteiger partial charge in [0.25, 0.3) is 0 Å². The van der Waals surface area contributed by atoms with Crippen LogP contribution in [0.3, 0.4) is 0 Å². The van der Waals surface area contributed by atoms with Gasteiger partial charge in [0.2, 0.25) is 0 Å².